The number of aromatic carboxylic acids is 1. The Morgan fingerprint density at radius 1 is 1.19 bits per heavy atom. The Bertz CT molecular complexity index is 829. The summed E-state index contributed by atoms with van der Waals surface area (Å²) in [4.78, 5) is 32.2. The van der Waals surface area contributed by atoms with Gasteiger partial charge in [-0.15, -0.1) is 0 Å². The third-order valence-corrected chi connectivity index (χ3v) is 4.58. The lowest BCUT2D eigenvalue weighted by atomic mass is 10.1. The number of carboxylic acid groups (broad SMARTS) is 1. The van der Waals surface area contributed by atoms with Crippen molar-refractivity contribution in [2.75, 3.05) is 42.9 Å². The summed E-state index contributed by atoms with van der Waals surface area (Å²) in [6, 6.07) is 6.79. The van der Waals surface area contributed by atoms with Crippen molar-refractivity contribution in [2.24, 2.45) is 0 Å². The molecule has 2 aromatic rings. The fraction of sp³-hybridized carbons (Fsp3) is 0.421. The van der Waals surface area contributed by atoms with E-state index in [1.54, 1.807) is 24.3 Å². The van der Waals surface area contributed by atoms with Crippen LogP contribution in [0, 0.1) is 0 Å². The van der Waals surface area contributed by atoms with Crippen LogP contribution in [0.1, 0.15) is 30.6 Å². The molecule has 0 radical (unpaired) electrons. The predicted octanol–water partition coefficient (Wildman–Crippen LogP) is 2.42. The van der Waals surface area contributed by atoms with Crippen LogP contribution in [-0.4, -0.2) is 59.6 Å². The molecule has 1 aromatic carbocycles. The maximum Gasteiger partial charge on any atom is 0.336 e. The van der Waals surface area contributed by atoms with E-state index in [-0.39, 0.29) is 11.5 Å². The summed E-state index contributed by atoms with van der Waals surface area (Å²) < 4.78 is 0. The van der Waals surface area contributed by atoms with E-state index in [0.29, 0.717) is 22.4 Å². The van der Waals surface area contributed by atoms with Crippen LogP contribution in [0.2, 0.25) is 0 Å². The van der Waals surface area contributed by atoms with Crippen molar-refractivity contribution in [1.29, 1.82) is 0 Å². The molecule has 0 spiro atoms. The standard InChI is InChI=1S/C19H24N4O3/c1-3-6-22-7-9-23(10-8-22)18-12-16(19(25)26)15-11-14(20-13(2)24)4-5-17(15)21-18/h4-5,11-12H,3,6-10H2,1-2H3,(H,20,24)(H,25,26). The van der Waals surface area contributed by atoms with Crippen molar-refractivity contribution in [3.8, 4) is 0 Å². The minimum absolute atomic E-state index is 0.198. The number of pyridine rings is 1. The zero-order valence-corrected chi connectivity index (χ0v) is 15.2. The number of aromatic nitrogens is 1. The molecule has 1 amide bonds. The Labute approximate surface area is 152 Å². The average Bonchev–Trinajstić information content (AvgIpc) is 2.61. The molecule has 0 bridgehead atoms. The molecule has 0 unspecified atom stereocenters. The van der Waals surface area contributed by atoms with Crippen LogP contribution < -0.4 is 10.2 Å². The van der Waals surface area contributed by atoms with Crippen LogP contribution in [-0.2, 0) is 4.79 Å². The van der Waals surface area contributed by atoms with Crippen molar-refractivity contribution < 1.29 is 14.7 Å². The highest BCUT2D eigenvalue weighted by atomic mass is 16.4. The van der Waals surface area contributed by atoms with Crippen molar-refractivity contribution in [1.82, 2.24) is 9.88 Å². The van der Waals surface area contributed by atoms with E-state index < -0.39 is 5.97 Å². The molecule has 1 saturated heterocycles. The lowest BCUT2D eigenvalue weighted by Crippen LogP contribution is -2.46. The largest absolute Gasteiger partial charge is 0.478 e. The van der Waals surface area contributed by atoms with Crippen molar-refractivity contribution >= 4 is 34.3 Å². The number of carbonyl (C=O) groups is 2. The number of anilines is 2. The molecule has 2 heterocycles. The second-order valence-electron chi connectivity index (χ2n) is 6.57. The lowest BCUT2D eigenvalue weighted by Gasteiger charge is -2.35. The van der Waals surface area contributed by atoms with Crippen LogP contribution in [0.15, 0.2) is 24.3 Å². The molecule has 1 fully saturated rings. The molecule has 0 atom stereocenters. The Hall–Kier alpha value is -2.67. The first-order valence-corrected chi connectivity index (χ1v) is 8.91. The number of hydrogen-bond acceptors (Lipinski definition) is 5. The number of benzene rings is 1. The summed E-state index contributed by atoms with van der Waals surface area (Å²) in [5.74, 6) is -0.502. The molecule has 1 aliphatic rings. The van der Waals surface area contributed by atoms with Crippen LogP contribution in [0.3, 0.4) is 0 Å². The van der Waals surface area contributed by atoms with Gasteiger partial charge in [0.2, 0.25) is 5.91 Å². The molecule has 0 saturated carbocycles. The van der Waals surface area contributed by atoms with E-state index in [9.17, 15) is 14.7 Å². The Morgan fingerprint density at radius 3 is 2.54 bits per heavy atom. The SMILES string of the molecule is CCCN1CCN(c2cc(C(=O)O)c3cc(NC(C)=O)ccc3n2)CC1. The molecule has 26 heavy (non-hydrogen) atoms. The van der Waals surface area contributed by atoms with Crippen molar-refractivity contribution in [3.63, 3.8) is 0 Å². The summed E-state index contributed by atoms with van der Waals surface area (Å²) in [6.45, 7) is 8.26. The zero-order valence-electron chi connectivity index (χ0n) is 15.2. The van der Waals surface area contributed by atoms with Crippen LogP contribution in [0.25, 0.3) is 10.9 Å². The average molecular weight is 356 g/mol. The number of nitrogens with one attached hydrogen (secondary N) is 1. The lowest BCUT2D eigenvalue weighted by molar-refractivity contribution is -0.114. The highest BCUT2D eigenvalue weighted by Crippen LogP contribution is 2.26. The van der Waals surface area contributed by atoms with Gasteiger partial charge in [-0.1, -0.05) is 6.92 Å². The number of carbonyl (C=O) groups excluding carboxylic acids is 1. The van der Waals surface area contributed by atoms with Gasteiger partial charge in [0.15, 0.2) is 0 Å². The molecule has 3 rings (SSSR count). The summed E-state index contributed by atoms with van der Waals surface area (Å²) in [5, 5.41) is 12.9. The minimum Gasteiger partial charge on any atom is -0.478 e. The summed E-state index contributed by atoms with van der Waals surface area (Å²) in [7, 11) is 0. The van der Waals surface area contributed by atoms with Crippen molar-refractivity contribution in [3.05, 3.63) is 29.8 Å². The van der Waals surface area contributed by atoms with E-state index in [0.717, 1.165) is 39.1 Å². The first kappa shape index (κ1) is 18.1. The second kappa shape index (κ2) is 7.70. The van der Waals surface area contributed by atoms with Gasteiger partial charge in [-0.05, 0) is 37.2 Å². The molecular weight excluding hydrogens is 332 g/mol. The van der Waals surface area contributed by atoms with Gasteiger partial charge >= 0.3 is 5.97 Å². The Morgan fingerprint density at radius 2 is 1.92 bits per heavy atom. The monoisotopic (exact) mass is 356 g/mol. The quantitative estimate of drug-likeness (QED) is 0.856. The van der Waals surface area contributed by atoms with E-state index in [2.05, 4.69) is 27.0 Å². The number of hydrogen-bond donors (Lipinski definition) is 2. The number of fused-ring (bicyclic) bond motifs is 1. The Balaban J connectivity index is 1.93. The molecule has 7 heteroatoms. The zero-order chi connectivity index (χ0) is 18.7. The van der Waals surface area contributed by atoms with E-state index in [4.69, 9.17) is 0 Å². The molecule has 1 aromatic heterocycles. The maximum absolute atomic E-state index is 11.8. The van der Waals surface area contributed by atoms with Crippen molar-refractivity contribution in [2.45, 2.75) is 20.3 Å². The van der Waals surface area contributed by atoms with Gasteiger partial charge in [0.25, 0.3) is 0 Å². The van der Waals surface area contributed by atoms with Gasteiger partial charge in [-0.25, -0.2) is 9.78 Å². The smallest absolute Gasteiger partial charge is 0.336 e. The van der Waals surface area contributed by atoms with Gasteiger partial charge < -0.3 is 15.3 Å². The number of carboxylic acids is 1. The molecule has 138 valence electrons. The van der Waals surface area contributed by atoms with E-state index in [1.807, 2.05) is 0 Å². The first-order valence-electron chi connectivity index (χ1n) is 8.91. The van der Waals surface area contributed by atoms with Gasteiger partial charge in [0.05, 0.1) is 11.1 Å². The summed E-state index contributed by atoms with van der Waals surface area (Å²) >= 11 is 0. The van der Waals surface area contributed by atoms with Crippen LogP contribution in [0.4, 0.5) is 11.5 Å². The molecule has 0 aliphatic carbocycles. The number of piperazine rings is 1. The van der Waals surface area contributed by atoms with Gasteiger partial charge in [0.1, 0.15) is 5.82 Å². The van der Waals surface area contributed by atoms with Crippen LogP contribution >= 0.6 is 0 Å². The van der Waals surface area contributed by atoms with Gasteiger partial charge in [0, 0.05) is 44.2 Å². The van der Waals surface area contributed by atoms with Gasteiger partial charge in [-0.2, -0.15) is 0 Å². The number of rotatable bonds is 5. The number of amides is 1. The predicted molar refractivity (Wildman–Crippen MR) is 102 cm³/mol. The number of nitrogens with zero attached hydrogens (tertiary/aromatic N) is 3. The highest BCUT2D eigenvalue weighted by molar-refractivity contribution is 6.05. The topological polar surface area (TPSA) is 85.8 Å². The summed E-state index contributed by atoms with van der Waals surface area (Å²) in [6.07, 6.45) is 1.13. The highest BCUT2D eigenvalue weighted by Gasteiger charge is 2.20. The third kappa shape index (κ3) is 3.94. The van der Waals surface area contributed by atoms with E-state index in [1.165, 1.54) is 6.92 Å². The molecular formula is C19H24N4O3. The second-order valence-corrected chi connectivity index (χ2v) is 6.57. The van der Waals surface area contributed by atoms with E-state index >= 15 is 0 Å². The Kier molecular flexibility index (Phi) is 5.37. The fourth-order valence-electron chi connectivity index (χ4n) is 3.35. The van der Waals surface area contributed by atoms with Crippen LogP contribution in [0.5, 0.6) is 0 Å². The maximum atomic E-state index is 11.8. The summed E-state index contributed by atoms with van der Waals surface area (Å²) in [5.41, 5.74) is 1.38. The third-order valence-electron chi connectivity index (χ3n) is 4.58. The minimum atomic E-state index is -0.997. The van der Waals surface area contributed by atoms with Gasteiger partial charge in [-0.3, -0.25) is 9.69 Å². The fourth-order valence-corrected chi connectivity index (χ4v) is 3.35. The molecule has 2 N–H and O–H groups in total. The molecule has 1 aliphatic heterocycles. The first-order chi connectivity index (χ1) is 12.5. The normalized spacial score (nSPS) is 15.2. The molecule has 7 nitrogen and oxygen atoms in total.